The first-order valence-electron chi connectivity index (χ1n) is 5.05. The average Bonchev–Trinajstić information content (AvgIpc) is 2.74. The first-order chi connectivity index (χ1) is 6.74. The highest BCUT2D eigenvalue weighted by Crippen LogP contribution is 2.46. The maximum atomic E-state index is 5.05. The van der Waals surface area contributed by atoms with Crippen LogP contribution in [0.15, 0.2) is 23.0 Å². The van der Waals surface area contributed by atoms with Gasteiger partial charge in [0.1, 0.15) is 0 Å². The van der Waals surface area contributed by atoms with Crippen LogP contribution in [-0.4, -0.2) is 24.2 Å². The fourth-order valence-electron chi connectivity index (χ4n) is 1.87. The van der Waals surface area contributed by atoms with Gasteiger partial charge in [-0.1, -0.05) is 0 Å². The summed E-state index contributed by atoms with van der Waals surface area (Å²) in [4.78, 5) is 2.36. The van der Waals surface area contributed by atoms with Gasteiger partial charge in [-0.15, -0.1) is 0 Å². The second kappa shape index (κ2) is 3.99. The van der Waals surface area contributed by atoms with Gasteiger partial charge >= 0.3 is 0 Å². The van der Waals surface area contributed by atoms with E-state index in [-0.39, 0.29) is 0 Å². The van der Waals surface area contributed by atoms with Gasteiger partial charge in [0.05, 0.1) is 12.5 Å². The quantitative estimate of drug-likeness (QED) is 0.753. The Morgan fingerprint density at radius 1 is 1.57 bits per heavy atom. The number of nitrogens with zero attached hydrogens (tertiary/aromatic N) is 1. The molecule has 0 radical (unpaired) electrons. The molecule has 78 valence electrons. The summed E-state index contributed by atoms with van der Waals surface area (Å²) in [6.45, 7) is 2.13. The Morgan fingerprint density at radius 2 is 2.36 bits per heavy atom. The van der Waals surface area contributed by atoms with Crippen molar-refractivity contribution in [1.29, 1.82) is 0 Å². The molecule has 0 saturated heterocycles. The molecular formula is C11H17NOS. The van der Waals surface area contributed by atoms with Crippen LogP contribution < -0.4 is 0 Å². The molecule has 1 saturated carbocycles. The molecule has 0 aliphatic heterocycles. The van der Waals surface area contributed by atoms with Crippen molar-refractivity contribution in [2.24, 2.45) is 5.41 Å². The fourth-order valence-corrected chi connectivity index (χ4v) is 2.28. The number of furan rings is 1. The summed E-state index contributed by atoms with van der Waals surface area (Å²) in [5, 5.41) is 0. The zero-order chi connectivity index (χ0) is 10.0. The molecule has 2 nitrogen and oxygen atoms in total. The van der Waals surface area contributed by atoms with Crippen molar-refractivity contribution >= 4 is 12.6 Å². The van der Waals surface area contributed by atoms with Crippen LogP contribution in [-0.2, 0) is 6.54 Å². The van der Waals surface area contributed by atoms with Crippen LogP contribution >= 0.6 is 12.6 Å². The van der Waals surface area contributed by atoms with Crippen LogP contribution in [0.4, 0.5) is 0 Å². The summed E-state index contributed by atoms with van der Waals surface area (Å²) < 4.78 is 5.05. The van der Waals surface area contributed by atoms with Crippen molar-refractivity contribution in [2.45, 2.75) is 19.4 Å². The molecule has 0 bridgehead atoms. The van der Waals surface area contributed by atoms with Crippen LogP contribution in [0.3, 0.4) is 0 Å². The molecule has 1 aromatic heterocycles. The summed E-state index contributed by atoms with van der Waals surface area (Å²) in [6.07, 6.45) is 6.23. The Bertz CT molecular complexity index is 279. The molecule has 0 spiro atoms. The summed E-state index contributed by atoms with van der Waals surface area (Å²) in [5.74, 6) is 1.02. The topological polar surface area (TPSA) is 16.4 Å². The average molecular weight is 211 g/mol. The van der Waals surface area contributed by atoms with Gasteiger partial charge in [0, 0.05) is 18.7 Å². The SMILES string of the molecule is CN(Cc1ccoc1)CC1(CS)CC1. The largest absolute Gasteiger partial charge is 0.472 e. The van der Waals surface area contributed by atoms with Crippen molar-refractivity contribution in [3.8, 4) is 0 Å². The van der Waals surface area contributed by atoms with E-state index in [0.29, 0.717) is 5.41 Å². The molecule has 0 amide bonds. The lowest BCUT2D eigenvalue weighted by Crippen LogP contribution is -2.27. The van der Waals surface area contributed by atoms with Gasteiger partial charge in [-0.25, -0.2) is 0 Å². The van der Waals surface area contributed by atoms with Gasteiger partial charge in [0.25, 0.3) is 0 Å². The van der Waals surface area contributed by atoms with Crippen LogP contribution in [0, 0.1) is 5.41 Å². The van der Waals surface area contributed by atoms with Crippen molar-refractivity contribution in [3.63, 3.8) is 0 Å². The molecule has 1 aromatic rings. The Hall–Kier alpha value is -0.410. The minimum atomic E-state index is 0.515. The van der Waals surface area contributed by atoms with Gasteiger partial charge in [0.15, 0.2) is 0 Å². The highest BCUT2D eigenvalue weighted by Gasteiger charge is 2.41. The van der Waals surface area contributed by atoms with E-state index in [1.807, 2.05) is 12.3 Å². The number of thiol groups is 1. The van der Waals surface area contributed by atoms with Gasteiger partial charge in [-0.05, 0) is 37.1 Å². The van der Waals surface area contributed by atoms with E-state index in [9.17, 15) is 0 Å². The molecule has 1 aliphatic carbocycles. The van der Waals surface area contributed by atoms with Crippen LogP contribution in [0.2, 0.25) is 0 Å². The van der Waals surface area contributed by atoms with Gasteiger partial charge in [-0.3, -0.25) is 0 Å². The third kappa shape index (κ3) is 2.34. The highest BCUT2D eigenvalue weighted by molar-refractivity contribution is 7.80. The smallest absolute Gasteiger partial charge is 0.0947 e. The first kappa shape index (κ1) is 10.1. The Balaban J connectivity index is 1.82. The van der Waals surface area contributed by atoms with E-state index in [4.69, 9.17) is 4.42 Å². The van der Waals surface area contributed by atoms with Crippen LogP contribution in [0.1, 0.15) is 18.4 Å². The van der Waals surface area contributed by atoms with Gasteiger partial charge in [-0.2, -0.15) is 12.6 Å². The van der Waals surface area contributed by atoms with E-state index in [0.717, 1.165) is 18.8 Å². The van der Waals surface area contributed by atoms with E-state index in [2.05, 4.69) is 24.6 Å². The Kier molecular flexibility index (Phi) is 2.88. The zero-order valence-electron chi connectivity index (χ0n) is 8.57. The summed E-state index contributed by atoms with van der Waals surface area (Å²) in [5.41, 5.74) is 1.77. The van der Waals surface area contributed by atoms with Crippen molar-refractivity contribution in [3.05, 3.63) is 24.2 Å². The van der Waals surface area contributed by atoms with Crippen LogP contribution in [0.25, 0.3) is 0 Å². The van der Waals surface area contributed by atoms with E-state index < -0.39 is 0 Å². The fraction of sp³-hybridized carbons (Fsp3) is 0.636. The van der Waals surface area contributed by atoms with Crippen molar-refractivity contribution in [2.75, 3.05) is 19.3 Å². The van der Waals surface area contributed by atoms with E-state index >= 15 is 0 Å². The molecule has 0 N–H and O–H groups in total. The molecule has 0 unspecified atom stereocenters. The predicted octanol–water partition coefficient (Wildman–Crippen LogP) is 2.42. The Labute approximate surface area is 90.7 Å². The summed E-state index contributed by atoms with van der Waals surface area (Å²) in [6, 6.07) is 2.02. The maximum absolute atomic E-state index is 5.05. The number of hydrogen-bond donors (Lipinski definition) is 1. The Morgan fingerprint density at radius 3 is 2.86 bits per heavy atom. The molecule has 1 heterocycles. The lowest BCUT2D eigenvalue weighted by molar-refractivity contribution is 0.270. The van der Waals surface area contributed by atoms with Crippen LogP contribution in [0.5, 0.6) is 0 Å². The maximum Gasteiger partial charge on any atom is 0.0947 e. The van der Waals surface area contributed by atoms with Crippen molar-refractivity contribution < 1.29 is 4.42 Å². The molecule has 1 fully saturated rings. The monoisotopic (exact) mass is 211 g/mol. The standard InChI is InChI=1S/C11H17NOS/c1-12(6-10-2-5-13-7-10)8-11(9-14)3-4-11/h2,5,7,14H,3-4,6,8-9H2,1H3. The van der Waals surface area contributed by atoms with Gasteiger partial charge < -0.3 is 9.32 Å². The minimum absolute atomic E-state index is 0.515. The van der Waals surface area contributed by atoms with E-state index in [1.54, 1.807) is 6.26 Å². The molecule has 1 aliphatic rings. The number of rotatable bonds is 5. The normalized spacial score (nSPS) is 18.8. The molecule has 0 aromatic carbocycles. The minimum Gasteiger partial charge on any atom is -0.472 e. The summed E-state index contributed by atoms with van der Waals surface area (Å²) in [7, 11) is 2.16. The lowest BCUT2D eigenvalue weighted by Gasteiger charge is -2.21. The highest BCUT2D eigenvalue weighted by atomic mass is 32.1. The summed E-state index contributed by atoms with van der Waals surface area (Å²) >= 11 is 4.41. The first-order valence-corrected chi connectivity index (χ1v) is 5.68. The van der Waals surface area contributed by atoms with Gasteiger partial charge in [0.2, 0.25) is 0 Å². The molecule has 0 atom stereocenters. The predicted molar refractivity (Wildman–Crippen MR) is 60.6 cm³/mol. The second-order valence-electron chi connectivity index (χ2n) is 4.46. The molecule has 14 heavy (non-hydrogen) atoms. The number of hydrogen-bond acceptors (Lipinski definition) is 3. The van der Waals surface area contributed by atoms with E-state index in [1.165, 1.54) is 18.4 Å². The second-order valence-corrected chi connectivity index (χ2v) is 4.78. The van der Waals surface area contributed by atoms with Crippen molar-refractivity contribution in [1.82, 2.24) is 4.90 Å². The third-order valence-electron chi connectivity index (χ3n) is 2.93. The third-order valence-corrected chi connectivity index (χ3v) is 3.60. The lowest BCUT2D eigenvalue weighted by atomic mass is 10.1. The zero-order valence-corrected chi connectivity index (χ0v) is 9.46. The molecular weight excluding hydrogens is 194 g/mol. The molecule has 3 heteroatoms. The molecule has 2 rings (SSSR count).